The van der Waals surface area contributed by atoms with Crippen LogP contribution in [0.25, 0.3) is 0 Å². The van der Waals surface area contributed by atoms with Crippen LogP contribution in [0.4, 0.5) is 0 Å². The first-order chi connectivity index (χ1) is 13.6. The maximum Gasteiger partial charge on any atom is 0.191 e. The highest BCUT2D eigenvalue weighted by molar-refractivity contribution is 14.0. The predicted molar refractivity (Wildman–Crippen MR) is 130 cm³/mol. The predicted octanol–water partition coefficient (Wildman–Crippen LogP) is 4.05. The zero-order valence-corrected chi connectivity index (χ0v) is 20.0. The minimum Gasteiger partial charge on any atom is -0.386 e. The topological polar surface area (TPSA) is 74.5 Å². The minimum absolute atomic E-state index is 0. The molecule has 0 bridgehead atoms. The largest absolute Gasteiger partial charge is 0.386 e. The van der Waals surface area contributed by atoms with Crippen LogP contribution < -0.4 is 10.6 Å². The number of nitrogens with zero attached hydrogens (tertiary/aromatic N) is 3. The minimum atomic E-state index is -0.625. The second-order valence-corrected chi connectivity index (χ2v) is 8.04. The molecule has 0 radical (unpaired) electrons. The van der Waals surface area contributed by atoms with Crippen molar-refractivity contribution in [1.82, 2.24) is 20.2 Å². The number of aromatic nitrogens is 2. The number of aliphatic hydroxyl groups excluding tert-OH is 1. The number of guanidine groups is 1. The van der Waals surface area contributed by atoms with Crippen molar-refractivity contribution >= 4 is 52.9 Å². The van der Waals surface area contributed by atoms with Crippen molar-refractivity contribution in [3.05, 3.63) is 75.5 Å². The molecule has 3 aromatic rings. The number of aliphatic imine (C=N–C) groups is 1. The van der Waals surface area contributed by atoms with Gasteiger partial charge in [-0.15, -0.1) is 35.3 Å². The lowest BCUT2D eigenvalue weighted by atomic mass is 10.1. The molecule has 1 unspecified atom stereocenters. The number of imidazole rings is 1. The average molecular weight is 546 g/mol. The van der Waals surface area contributed by atoms with Crippen LogP contribution in [-0.4, -0.2) is 33.7 Å². The van der Waals surface area contributed by atoms with E-state index in [0.29, 0.717) is 23.4 Å². The number of aliphatic hydroxyl groups is 1. The van der Waals surface area contributed by atoms with Crippen LogP contribution in [-0.2, 0) is 13.1 Å². The molecular formula is C20H25ClIN5OS. The van der Waals surface area contributed by atoms with Gasteiger partial charge in [-0.3, -0.25) is 0 Å². The fraction of sp³-hybridized carbons (Fsp3) is 0.300. The molecule has 0 saturated carbocycles. The van der Waals surface area contributed by atoms with E-state index in [9.17, 15) is 5.11 Å². The number of nitrogens with one attached hydrogen (secondary N) is 2. The lowest BCUT2D eigenvalue weighted by molar-refractivity contribution is 0.184. The molecule has 3 N–H and O–H groups in total. The van der Waals surface area contributed by atoms with E-state index in [1.54, 1.807) is 12.3 Å². The van der Waals surface area contributed by atoms with Crippen LogP contribution in [0.15, 0.2) is 60.1 Å². The molecule has 1 aromatic carbocycles. The van der Waals surface area contributed by atoms with Crippen molar-refractivity contribution in [1.29, 1.82) is 0 Å². The van der Waals surface area contributed by atoms with E-state index >= 15 is 0 Å². The Balaban J connectivity index is 0.00000300. The molecule has 0 fully saturated rings. The van der Waals surface area contributed by atoms with Gasteiger partial charge in [0.25, 0.3) is 0 Å². The van der Waals surface area contributed by atoms with Crippen LogP contribution in [0, 0.1) is 0 Å². The van der Waals surface area contributed by atoms with Crippen LogP contribution >= 0.6 is 46.9 Å². The van der Waals surface area contributed by atoms with Crippen molar-refractivity contribution in [2.45, 2.75) is 26.1 Å². The number of benzene rings is 1. The molecule has 0 aliphatic carbocycles. The fourth-order valence-corrected chi connectivity index (χ4v) is 3.78. The van der Waals surface area contributed by atoms with Crippen molar-refractivity contribution in [3.8, 4) is 0 Å². The molecule has 3 rings (SSSR count). The summed E-state index contributed by atoms with van der Waals surface area (Å²) in [7, 11) is 0. The normalized spacial score (nSPS) is 12.3. The standard InChI is InChI=1S/C20H24ClN5OS.HI/c1-2-23-20(25-12-17(27)18-6-7-19(21)28-18)24-11-15-4-3-5-16(10-15)13-26-9-8-22-14-26;/h3-10,14,17,27H,2,11-13H2,1H3,(H2,23,24,25);1H. The number of rotatable bonds is 8. The van der Waals surface area contributed by atoms with E-state index in [1.165, 1.54) is 16.9 Å². The highest BCUT2D eigenvalue weighted by Crippen LogP contribution is 2.26. The Kier molecular flexibility index (Phi) is 9.92. The maximum atomic E-state index is 10.3. The summed E-state index contributed by atoms with van der Waals surface area (Å²) in [5, 5.41) is 16.7. The van der Waals surface area contributed by atoms with Gasteiger partial charge in [0, 0.05) is 36.9 Å². The molecule has 2 aromatic heterocycles. The Morgan fingerprint density at radius 2 is 2.10 bits per heavy atom. The third-order valence-electron chi connectivity index (χ3n) is 4.06. The van der Waals surface area contributed by atoms with E-state index < -0.39 is 6.10 Å². The van der Waals surface area contributed by atoms with Crippen molar-refractivity contribution in [2.24, 2.45) is 4.99 Å². The number of thiophene rings is 1. The maximum absolute atomic E-state index is 10.3. The summed E-state index contributed by atoms with van der Waals surface area (Å²) in [4.78, 5) is 9.54. The van der Waals surface area contributed by atoms with E-state index in [0.717, 1.165) is 23.5 Å². The SMILES string of the molecule is CCNC(=NCc1cccc(Cn2ccnc2)c1)NCC(O)c1ccc(Cl)s1.I. The summed E-state index contributed by atoms with van der Waals surface area (Å²) in [6.07, 6.45) is 4.91. The summed E-state index contributed by atoms with van der Waals surface area (Å²) in [6, 6.07) is 12.0. The summed E-state index contributed by atoms with van der Waals surface area (Å²) in [6.45, 7) is 4.45. The van der Waals surface area contributed by atoms with Crippen LogP contribution in [0.3, 0.4) is 0 Å². The Morgan fingerprint density at radius 1 is 1.28 bits per heavy atom. The summed E-state index contributed by atoms with van der Waals surface area (Å²) < 4.78 is 2.71. The molecule has 29 heavy (non-hydrogen) atoms. The van der Waals surface area contributed by atoms with Gasteiger partial charge < -0.3 is 20.3 Å². The first-order valence-corrected chi connectivity index (χ1v) is 10.3. The Hall–Kier alpha value is -1.62. The van der Waals surface area contributed by atoms with E-state index in [-0.39, 0.29) is 24.0 Å². The van der Waals surface area contributed by atoms with E-state index in [4.69, 9.17) is 11.6 Å². The van der Waals surface area contributed by atoms with E-state index in [1.807, 2.05) is 36.1 Å². The Labute approximate surface area is 197 Å². The Bertz CT molecular complexity index is 900. The van der Waals surface area contributed by atoms with Gasteiger partial charge in [0.05, 0.1) is 17.2 Å². The molecule has 156 valence electrons. The summed E-state index contributed by atoms with van der Waals surface area (Å²) >= 11 is 7.32. The van der Waals surface area contributed by atoms with Gasteiger partial charge in [-0.2, -0.15) is 0 Å². The monoisotopic (exact) mass is 545 g/mol. The van der Waals surface area contributed by atoms with E-state index in [2.05, 4.69) is 38.8 Å². The highest BCUT2D eigenvalue weighted by atomic mass is 127. The van der Waals surface area contributed by atoms with Gasteiger partial charge in [0.15, 0.2) is 5.96 Å². The lowest BCUT2D eigenvalue weighted by Gasteiger charge is -2.14. The van der Waals surface area contributed by atoms with Gasteiger partial charge in [0.2, 0.25) is 0 Å². The van der Waals surface area contributed by atoms with Gasteiger partial charge in [0.1, 0.15) is 6.10 Å². The van der Waals surface area contributed by atoms with Crippen LogP contribution in [0.1, 0.15) is 29.0 Å². The third-order valence-corrected chi connectivity index (χ3v) is 5.40. The molecule has 1 atom stereocenters. The third kappa shape index (κ3) is 7.61. The molecule has 6 nitrogen and oxygen atoms in total. The first kappa shape index (κ1) is 23.7. The molecule has 0 saturated heterocycles. The zero-order chi connectivity index (χ0) is 19.8. The first-order valence-electron chi connectivity index (χ1n) is 9.13. The average Bonchev–Trinajstić information content (AvgIpc) is 3.36. The number of halogens is 2. The molecule has 9 heteroatoms. The quantitative estimate of drug-likeness (QED) is 0.227. The van der Waals surface area contributed by atoms with Crippen LogP contribution in [0.2, 0.25) is 4.34 Å². The molecular weight excluding hydrogens is 521 g/mol. The molecule has 0 amide bonds. The highest BCUT2D eigenvalue weighted by Gasteiger charge is 2.11. The lowest BCUT2D eigenvalue weighted by Crippen LogP contribution is -2.39. The fourth-order valence-electron chi connectivity index (χ4n) is 2.73. The smallest absolute Gasteiger partial charge is 0.191 e. The van der Waals surface area contributed by atoms with Crippen LogP contribution in [0.5, 0.6) is 0 Å². The molecule has 0 aliphatic heterocycles. The second-order valence-electron chi connectivity index (χ2n) is 6.29. The number of hydrogen-bond donors (Lipinski definition) is 3. The van der Waals surface area contributed by atoms with Gasteiger partial charge in [-0.1, -0.05) is 35.9 Å². The van der Waals surface area contributed by atoms with Crippen molar-refractivity contribution in [3.63, 3.8) is 0 Å². The molecule has 2 heterocycles. The van der Waals surface area contributed by atoms with Gasteiger partial charge in [-0.25, -0.2) is 9.98 Å². The summed E-state index contributed by atoms with van der Waals surface area (Å²) in [5.74, 6) is 0.671. The van der Waals surface area contributed by atoms with Gasteiger partial charge >= 0.3 is 0 Å². The van der Waals surface area contributed by atoms with Crippen molar-refractivity contribution in [2.75, 3.05) is 13.1 Å². The van der Waals surface area contributed by atoms with Crippen molar-refractivity contribution < 1.29 is 5.11 Å². The number of hydrogen-bond acceptors (Lipinski definition) is 4. The summed E-state index contributed by atoms with van der Waals surface area (Å²) in [5.41, 5.74) is 2.33. The molecule has 0 spiro atoms. The second kappa shape index (κ2) is 12.2. The zero-order valence-electron chi connectivity index (χ0n) is 16.1. The van der Waals surface area contributed by atoms with Gasteiger partial charge in [-0.05, 0) is 30.2 Å². The Morgan fingerprint density at radius 3 is 2.79 bits per heavy atom. The molecule has 0 aliphatic rings.